The monoisotopic (exact) mass is 498 g/mol. The third-order valence-electron chi connectivity index (χ3n) is 4.56. The quantitative estimate of drug-likeness (QED) is 0.321. The second-order valence-corrected chi connectivity index (χ2v) is 9.59. The van der Waals surface area contributed by atoms with Crippen molar-refractivity contribution >= 4 is 47.0 Å². The van der Waals surface area contributed by atoms with E-state index in [0.29, 0.717) is 17.2 Å². The number of amides is 2. The number of nitrogens with one attached hydrogen (secondary N) is 2. The van der Waals surface area contributed by atoms with Crippen molar-refractivity contribution in [2.75, 3.05) is 24.2 Å². The van der Waals surface area contributed by atoms with Crippen LogP contribution in [0.2, 0.25) is 0 Å². The van der Waals surface area contributed by atoms with Gasteiger partial charge in [0.25, 0.3) is 5.91 Å². The van der Waals surface area contributed by atoms with Crippen LogP contribution in [0.3, 0.4) is 0 Å². The summed E-state index contributed by atoms with van der Waals surface area (Å²) >= 11 is 2.56. The predicted octanol–water partition coefficient (Wildman–Crippen LogP) is 4.27. The molecule has 1 unspecified atom stereocenters. The molecule has 1 aliphatic heterocycles. The number of esters is 1. The zero-order chi connectivity index (χ0) is 24.0. The second kappa shape index (κ2) is 11.0. The average Bonchev–Trinajstić information content (AvgIpc) is 2.76. The standard InChI is InChI=1S/C22H21F3N2O4S2/c1-13-2-5-15(6-3-13)32-9-8-26-19(28)12-31-20(29)11-18-21(30)27-16-10-14(22(23,24)25)4-7-17(16)33-18/h2-7,10,18H,8-9,11-12H2,1H3,(H,26,28)(H,27,30). The Morgan fingerprint density at radius 3 is 2.61 bits per heavy atom. The van der Waals surface area contributed by atoms with Crippen molar-refractivity contribution in [1.82, 2.24) is 5.32 Å². The number of hydrogen-bond donors (Lipinski definition) is 2. The molecule has 11 heteroatoms. The van der Waals surface area contributed by atoms with E-state index in [-0.39, 0.29) is 12.1 Å². The van der Waals surface area contributed by atoms with Crippen LogP contribution in [-0.4, -0.2) is 41.9 Å². The van der Waals surface area contributed by atoms with Crippen LogP contribution in [0.25, 0.3) is 0 Å². The van der Waals surface area contributed by atoms with Gasteiger partial charge in [0, 0.05) is 22.1 Å². The van der Waals surface area contributed by atoms with Crippen LogP contribution in [0.1, 0.15) is 17.5 Å². The molecular weight excluding hydrogens is 477 g/mol. The molecule has 1 atom stereocenters. The van der Waals surface area contributed by atoms with Gasteiger partial charge in [-0.25, -0.2) is 0 Å². The normalized spacial score (nSPS) is 15.4. The van der Waals surface area contributed by atoms with Crippen LogP contribution in [0.15, 0.2) is 52.3 Å². The number of fused-ring (bicyclic) bond motifs is 1. The van der Waals surface area contributed by atoms with E-state index in [1.54, 1.807) is 11.8 Å². The van der Waals surface area contributed by atoms with Crippen LogP contribution in [-0.2, 0) is 25.3 Å². The van der Waals surface area contributed by atoms with Gasteiger partial charge in [-0.1, -0.05) is 17.7 Å². The van der Waals surface area contributed by atoms with Gasteiger partial charge in [0.1, 0.15) is 0 Å². The zero-order valence-electron chi connectivity index (χ0n) is 17.5. The van der Waals surface area contributed by atoms with Gasteiger partial charge in [-0.15, -0.1) is 23.5 Å². The highest BCUT2D eigenvalue weighted by Crippen LogP contribution is 2.40. The van der Waals surface area contributed by atoms with E-state index in [0.717, 1.165) is 28.8 Å². The number of ether oxygens (including phenoxy) is 1. The van der Waals surface area contributed by atoms with Gasteiger partial charge < -0.3 is 15.4 Å². The number of thioether (sulfide) groups is 2. The number of alkyl halides is 3. The number of carbonyl (C=O) groups is 3. The molecule has 2 aromatic carbocycles. The van der Waals surface area contributed by atoms with Gasteiger partial charge in [0.05, 0.1) is 22.9 Å². The molecule has 1 heterocycles. The van der Waals surface area contributed by atoms with Crippen LogP contribution in [0.5, 0.6) is 0 Å². The fraction of sp³-hybridized carbons (Fsp3) is 0.318. The fourth-order valence-electron chi connectivity index (χ4n) is 2.86. The molecule has 0 radical (unpaired) electrons. The summed E-state index contributed by atoms with van der Waals surface area (Å²) in [4.78, 5) is 37.6. The molecule has 0 aromatic heterocycles. The first-order valence-electron chi connectivity index (χ1n) is 9.92. The maximum atomic E-state index is 12.8. The first kappa shape index (κ1) is 25.0. The van der Waals surface area contributed by atoms with E-state index in [1.807, 2.05) is 31.2 Å². The molecule has 3 rings (SSSR count). The highest BCUT2D eigenvalue weighted by atomic mass is 32.2. The van der Waals surface area contributed by atoms with E-state index in [2.05, 4.69) is 10.6 Å². The average molecular weight is 499 g/mol. The Hall–Kier alpha value is -2.66. The summed E-state index contributed by atoms with van der Waals surface area (Å²) in [6.45, 7) is 1.92. The molecule has 6 nitrogen and oxygen atoms in total. The van der Waals surface area contributed by atoms with E-state index in [1.165, 1.54) is 11.6 Å². The van der Waals surface area contributed by atoms with Gasteiger partial charge >= 0.3 is 12.1 Å². The molecule has 33 heavy (non-hydrogen) atoms. The van der Waals surface area contributed by atoms with Gasteiger partial charge in [-0.2, -0.15) is 13.2 Å². The van der Waals surface area contributed by atoms with Crippen molar-refractivity contribution in [2.45, 2.75) is 34.6 Å². The van der Waals surface area contributed by atoms with Gasteiger partial charge in [-0.05, 0) is 37.3 Å². The predicted molar refractivity (Wildman–Crippen MR) is 120 cm³/mol. The minimum Gasteiger partial charge on any atom is -0.456 e. The van der Waals surface area contributed by atoms with Gasteiger partial charge in [-0.3, -0.25) is 14.4 Å². The number of carbonyl (C=O) groups excluding carboxylic acids is 3. The number of benzene rings is 2. The minimum absolute atomic E-state index is 0.0485. The number of rotatable bonds is 8. The Kier molecular flexibility index (Phi) is 8.30. The van der Waals surface area contributed by atoms with Crippen molar-refractivity contribution in [2.24, 2.45) is 0 Å². The number of halogens is 3. The summed E-state index contributed by atoms with van der Waals surface area (Å²) in [5.41, 5.74) is 0.342. The van der Waals surface area contributed by atoms with Crippen molar-refractivity contribution in [3.05, 3.63) is 53.6 Å². The molecule has 0 spiro atoms. The third-order valence-corrected chi connectivity index (χ3v) is 6.85. The van der Waals surface area contributed by atoms with Crippen LogP contribution >= 0.6 is 23.5 Å². The molecule has 0 bridgehead atoms. The lowest BCUT2D eigenvalue weighted by Crippen LogP contribution is -2.33. The molecule has 176 valence electrons. The number of anilines is 1. The maximum absolute atomic E-state index is 12.8. The molecule has 0 fully saturated rings. The molecule has 2 amide bonds. The molecular formula is C22H21F3N2O4S2. The number of aryl methyl sites for hydroxylation is 1. The summed E-state index contributed by atoms with van der Waals surface area (Å²) in [5.74, 6) is -1.15. The molecule has 2 aromatic rings. The first-order valence-corrected chi connectivity index (χ1v) is 11.8. The first-order chi connectivity index (χ1) is 15.6. The summed E-state index contributed by atoms with van der Waals surface area (Å²) in [6.07, 6.45) is -4.83. The van der Waals surface area contributed by atoms with E-state index in [4.69, 9.17) is 4.74 Å². The van der Waals surface area contributed by atoms with E-state index < -0.39 is 41.4 Å². The lowest BCUT2D eigenvalue weighted by atomic mass is 10.1. The summed E-state index contributed by atoms with van der Waals surface area (Å²) in [5, 5.41) is 4.18. The van der Waals surface area contributed by atoms with Crippen LogP contribution in [0, 0.1) is 6.92 Å². The van der Waals surface area contributed by atoms with E-state index >= 15 is 0 Å². The van der Waals surface area contributed by atoms with Crippen molar-refractivity contribution in [1.29, 1.82) is 0 Å². The third kappa shape index (κ3) is 7.43. The number of hydrogen-bond acceptors (Lipinski definition) is 6. The largest absolute Gasteiger partial charge is 0.456 e. The van der Waals surface area contributed by atoms with Crippen molar-refractivity contribution in [3.63, 3.8) is 0 Å². The Morgan fingerprint density at radius 2 is 1.91 bits per heavy atom. The van der Waals surface area contributed by atoms with E-state index in [9.17, 15) is 27.6 Å². The summed E-state index contributed by atoms with van der Waals surface area (Å²) in [7, 11) is 0. The maximum Gasteiger partial charge on any atom is 0.416 e. The second-order valence-electron chi connectivity index (χ2n) is 7.18. The van der Waals surface area contributed by atoms with Crippen LogP contribution in [0.4, 0.5) is 18.9 Å². The highest BCUT2D eigenvalue weighted by Gasteiger charge is 2.34. The van der Waals surface area contributed by atoms with Crippen molar-refractivity contribution < 1.29 is 32.3 Å². The van der Waals surface area contributed by atoms with Gasteiger partial charge in [0.15, 0.2) is 6.61 Å². The molecule has 0 saturated carbocycles. The highest BCUT2D eigenvalue weighted by molar-refractivity contribution is 8.01. The minimum atomic E-state index is -4.52. The van der Waals surface area contributed by atoms with Gasteiger partial charge in [0.2, 0.25) is 5.91 Å². The molecule has 1 aliphatic rings. The van der Waals surface area contributed by atoms with Crippen molar-refractivity contribution in [3.8, 4) is 0 Å². The lowest BCUT2D eigenvalue weighted by Gasteiger charge is -2.24. The topological polar surface area (TPSA) is 84.5 Å². The molecule has 0 aliphatic carbocycles. The molecule has 2 N–H and O–H groups in total. The molecule has 0 saturated heterocycles. The Labute approximate surface area is 197 Å². The Morgan fingerprint density at radius 1 is 1.18 bits per heavy atom. The van der Waals surface area contributed by atoms with Crippen LogP contribution < -0.4 is 10.6 Å². The fourth-order valence-corrected chi connectivity index (χ4v) is 4.71. The SMILES string of the molecule is Cc1ccc(SCCNC(=O)COC(=O)CC2Sc3ccc(C(F)(F)F)cc3NC2=O)cc1. The Bertz CT molecular complexity index is 1030. The lowest BCUT2D eigenvalue weighted by molar-refractivity contribution is -0.148. The zero-order valence-corrected chi connectivity index (χ0v) is 19.2. The summed E-state index contributed by atoms with van der Waals surface area (Å²) < 4.78 is 43.4. The summed E-state index contributed by atoms with van der Waals surface area (Å²) in [6, 6.07) is 11.0. The Balaban J connectivity index is 1.39. The smallest absolute Gasteiger partial charge is 0.416 e.